The van der Waals surface area contributed by atoms with Crippen LogP contribution >= 0.6 is 0 Å². The third-order valence-corrected chi connectivity index (χ3v) is 2.61. The van der Waals surface area contributed by atoms with Gasteiger partial charge in [0, 0.05) is 39.9 Å². The molecule has 0 aliphatic heterocycles. The van der Waals surface area contributed by atoms with Gasteiger partial charge in [0.25, 0.3) is 0 Å². The Hall–Kier alpha value is -2.09. The average Bonchev–Trinajstić information content (AvgIpc) is 2.94. The molecule has 3 amide bonds. The summed E-state index contributed by atoms with van der Waals surface area (Å²) in [4.78, 5) is 26.8. The molecule has 0 spiro atoms. The van der Waals surface area contributed by atoms with Gasteiger partial charge in [0.1, 0.15) is 12.8 Å². The molecule has 0 fully saturated rings. The molecule has 0 aliphatic rings. The number of ether oxygens (including phenoxy) is 1. The predicted molar refractivity (Wildman–Crippen MR) is 76.9 cm³/mol. The first kappa shape index (κ1) is 17.0. The molecule has 8 heteroatoms. The monoisotopic (exact) mass is 298 g/mol. The molecule has 118 valence electrons. The summed E-state index contributed by atoms with van der Waals surface area (Å²) in [6.07, 6.45) is 2.03. The molecule has 8 nitrogen and oxygen atoms in total. The number of carbonyl (C=O) groups excluding carboxylic acids is 2. The molecule has 1 N–H and O–H groups in total. The third-order valence-electron chi connectivity index (χ3n) is 2.61. The molecular formula is C13H22N4O4. The van der Waals surface area contributed by atoms with Crippen LogP contribution in [0.2, 0.25) is 0 Å². The van der Waals surface area contributed by atoms with E-state index in [4.69, 9.17) is 4.74 Å². The van der Waals surface area contributed by atoms with Gasteiger partial charge < -0.3 is 24.4 Å². The molecule has 21 heavy (non-hydrogen) atoms. The van der Waals surface area contributed by atoms with Gasteiger partial charge in [-0.25, -0.2) is 4.79 Å². The maximum Gasteiger partial charge on any atom is 0.319 e. The molecule has 0 aliphatic carbocycles. The zero-order valence-corrected chi connectivity index (χ0v) is 12.7. The molecule has 0 saturated carbocycles. The zero-order valence-electron chi connectivity index (χ0n) is 12.7. The minimum absolute atomic E-state index is 0.0456. The first-order valence-electron chi connectivity index (χ1n) is 6.78. The van der Waals surface area contributed by atoms with E-state index in [0.29, 0.717) is 32.0 Å². The second-order valence-electron chi connectivity index (χ2n) is 4.58. The molecule has 0 unspecified atom stereocenters. The number of aromatic nitrogens is 1. The summed E-state index contributed by atoms with van der Waals surface area (Å²) in [6, 6.07) is 1.31. The second-order valence-corrected chi connectivity index (χ2v) is 4.58. The molecule has 0 saturated heterocycles. The van der Waals surface area contributed by atoms with E-state index in [1.807, 2.05) is 6.92 Å². The minimum Gasteiger partial charge on any atom is -0.382 e. The van der Waals surface area contributed by atoms with E-state index in [2.05, 4.69) is 15.0 Å². The van der Waals surface area contributed by atoms with E-state index in [9.17, 15) is 9.59 Å². The molecule has 0 aromatic carbocycles. The Labute approximate surface area is 124 Å². The van der Waals surface area contributed by atoms with Gasteiger partial charge in [0.2, 0.25) is 5.91 Å². The third kappa shape index (κ3) is 6.26. The normalized spacial score (nSPS) is 10.2. The van der Waals surface area contributed by atoms with Crippen molar-refractivity contribution in [2.75, 3.05) is 45.7 Å². The Bertz CT molecular complexity index is 433. The summed E-state index contributed by atoms with van der Waals surface area (Å²) in [6.45, 7) is 3.50. The highest BCUT2D eigenvalue weighted by Gasteiger charge is 2.18. The number of nitrogens with zero attached hydrogens (tertiary/aromatic N) is 3. The first-order valence-corrected chi connectivity index (χ1v) is 6.78. The van der Waals surface area contributed by atoms with Crippen LogP contribution in [0, 0.1) is 0 Å². The lowest BCUT2D eigenvalue weighted by molar-refractivity contribution is -0.117. The van der Waals surface area contributed by atoms with Gasteiger partial charge in [-0.05, 0) is 13.3 Å². The smallest absolute Gasteiger partial charge is 0.319 e. The van der Waals surface area contributed by atoms with E-state index in [0.717, 1.165) is 0 Å². The SMILES string of the molecule is CCOCCCN(CC(=O)Nc1ccon1)C(=O)N(C)C. The second kappa shape index (κ2) is 8.96. The van der Waals surface area contributed by atoms with Crippen LogP contribution < -0.4 is 5.32 Å². The van der Waals surface area contributed by atoms with Crippen molar-refractivity contribution < 1.29 is 18.8 Å². The fourth-order valence-electron chi connectivity index (χ4n) is 1.66. The van der Waals surface area contributed by atoms with Crippen LogP contribution in [0.25, 0.3) is 0 Å². The number of urea groups is 1. The van der Waals surface area contributed by atoms with Crippen molar-refractivity contribution in [3.05, 3.63) is 12.3 Å². The highest BCUT2D eigenvalue weighted by Crippen LogP contribution is 2.03. The topological polar surface area (TPSA) is 87.9 Å². The number of anilines is 1. The van der Waals surface area contributed by atoms with Crippen LogP contribution in [0.4, 0.5) is 10.6 Å². The fraction of sp³-hybridized carbons (Fsp3) is 0.615. The van der Waals surface area contributed by atoms with Crippen molar-refractivity contribution in [1.29, 1.82) is 0 Å². The molecular weight excluding hydrogens is 276 g/mol. The summed E-state index contributed by atoms with van der Waals surface area (Å²) in [5.74, 6) is 0.00192. The Morgan fingerprint density at radius 1 is 1.43 bits per heavy atom. The molecule has 1 aromatic rings. The summed E-state index contributed by atoms with van der Waals surface area (Å²) < 4.78 is 9.87. The summed E-state index contributed by atoms with van der Waals surface area (Å²) >= 11 is 0. The molecule has 0 radical (unpaired) electrons. The van der Waals surface area contributed by atoms with Gasteiger partial charge >= 0.3 is 6.03 Å². The van der Waals surface area contributed by atoms with Gasteiger partial charge in [-0.15, -0.1) is 0 Å². The molecule has 1 heterocycles. The van der Waals surface area contributed by atoms with Gasteiger partial charge in [-0.1, -0.05) is 5.16 Å². The van der Waals surface area contributed by atoms with Crippen LogP contribution in [0.15, 0.2) is 16.9 Å². The van der Waals surface area contributed by atoms with Gasteiger partial charge in [-0.2, -0.15) is 0 Å². The molecule has 1 rings (SSSR count). The minimum atomic E-state index is -0.324. The van der Waals surface area contributed by atoms with Crippen LogP contribution in [-0.4, -0.2) is 67.3 Å². The summed E-state index contributed by atoms with van der Waals surface area (Å²) in [5, 5.41) is 6.15. The van der Waals surface area contributed by atoms with E-state index < -0.39 is 0 Å². The molecule has 0 bridgehead atoms. The largest absolute Gasteiger partial charge is 0.382 e. The lowest BCUT2D eigenvalue weighted by Crippen LogP contribution is -2.44. The maximum absolute atomic E-state index is 12.0. The maximum atomic E-state index is 12.0. The highest BCUT2D eigenvalue weighted by atomic mass is 16.5. The summed E-state index contributed by atoms with van der Waals surface area (Å²) in [7, 11) is 3.29. The van der Waals surface area contributed by atoms with Gasteiger partial charge in [-0.3, -0.25) is 4.79 Å². The number of hydrogen-bond acceptors (Lipinski definition) is 5. The fourth-order valence-corrected chi connectivity index (χ4v) is 1.66. The van der Waals surface area contributed by atoms with Gasteiger partial charge in [0.15, 0.2) is 5.82 Å². The number of hydrogen-bond donors (Lipinski definition) is 1. The van der Waals surface area contributed by atoms with Crippen LogP contribution in [0.1, 0.15) is 13.3 Å². The standard InChI is InChI=1S/C13H22N4O4/c1-4-20-8-5-7-17(13(19)16(2)3)10-12(18)14-11-6-9-21-15-11/h6,9H,4-5,7-8,10H2,1-3H3,(H,14,15,18). The quantitative estimate of drug-likeness (QED) is 0.724. The lowest BCUT2D eigenvalue weighted by Gasteiger charge is -2.25. The van der Waals surface area contributed by atoms with Crippen molar-refractivity contribution in [2.45, 2.75) is 13.3 Å². The van der Waals surface area contributed by atoms with E-state index in [-0.39, 0.29) is 18.5 Å². The Balaban J connectivity index is 2.50. The summed E-state index contributed by atoms with van der Waals surface area (Å²) in [5.41, 5.74) is 0. The highest BCUT2D eigenvalue weighted by molar-refractivity contribution is 5.93. The Morgan fingerprint density at radius 3 is 2.76 bits per heavy atom. The van der Waals surface area contributed by atoms with Crippen LogP contribution in [0.3, 0.4) is 0 Å². The van der Waals surface area contributed by atoms with Crippen molar-refractivity contribution in [2.24, 2.45) is 0 Å². The van der Waals surface area contributed by atoms with E-state index >= 15 is 0 Å². The van der Waals surface area contributed by atoms with Crippen LogP contribution in [0.5, 0.6) is 0 Å². The van der Waals surface area contributed by atoms with Gasteiger partial charge in [0.05, 0.1) is 0 Å². The zero-order chi connectivity index (χ0) is 15.7. The lowest BCUT2D eigenvalue weighted by atomic mass is 10.4. The predicted octanol–water partition coefficient (Wildman–Crippen LogP) is 1.02. The van der Waals surface area contributed by atoms with E-state index in [1.165, 1.54) is 22.1 Å². The van der Waals surface area contributed by atoms with Crippen molar-refractivity contribution in [3.63, 3.8) is 0 Å². The molecule has 1 aromatic heterocycles. The Morgan fingerprint density at radius 2 is 2.19 bits per heavy atom. The van der Waals surface area contributed by atoms with Crippen molar-refractivity contribution >= 4 is 17.8 Å². The first-order chi connectivity index (χ1) is 10.0. The molecule has 0 atom stereocenters. The van der Waals surface area contributed by atoms with Crippen LogP contribution in [-0.2, 0) is 9.53 Å². The number of rotatable bonds is 8. The van der Waals surface area contributed by atoms with Crippen molar-refractivity contribution in [3.8, 4) is 0 Å². The number of carbonyl (C=O) groups is 2. The van der Waals surface area contributed by atoms with Crippen molar-refractivity contribution in [1.82, 2.24) is 15.0 Å². The average molecular weight is 298 g/mol. The van der Waals surface area contributed by atoms with E-state index in [1.54, 1.807) is 14.1 Å². The number of nitrogens with one attached hydrogen (secondary N) is 1. The Kier molecular flexibility index (Phi) is 7.24. The number of amides is 3.